The Bertz CT molecular complexity index is 1080. The third kappa shape index (κ3) is 4.65. The van der Waals surface area contributed by atoms with E-state index in [1.807, 2.05) is 0 Å². The average Bonchev–Trinajstić information content (AvgIpc) is 3.18. The number of ether oxygens (including phenoxy) is 1. The summed E-state index contributed by atoms with van der Waals surface area (Å²) in [5.41, 5.74) is 0.462. The summed E-state index contributed by atoms with van der Waals surface area (Å²) in [6.45, 7) is 3.50. The van der Waals surface area contributed by atoms with Crippen LogP contribution in [-0.4, -0.2) is 58.2 Å². The summed E-state index contributed by atoms with van der Waals surface area (Å²) in [7, 11) is -1.84. The fourth-order valence-electron chi connectivity index (χ4n) is 3.89. The van der Waals surface area contributed by atoms with Crippen LogP contribution in [0.15, 0.2) is 23.5 Å². The number of rotatable bonds is 7. The molecule has 2 aromatic heterocycles. The fourth-order valence-corrected chi connectivity index (χ4v) is 5.35. The van der Waals surface area contributed by atoms with Crippen LogP contribution in [0.4, 0.5) is 5.95 Å². The highest BCUT2D eigenvalue weighted by molar-refractivity contribution is 7.89. The molecule has 4 rings (SSSR count). The summed E-state index contributed by atoms with van der Waals surface area (Å²) in [6, 6.07) is 2.11. The molecule has 0 radical (unpaired) electrons. The minimum absolute atomic E-state index is 0.0327. The van der Waals surface area contributed by atoms with Crippen molar-refractivity contribution in [3.05, 3.63) is 24.2 Å². The quantitative estimate of drug-likeness (QED) is 0.685. The molecule has 1 saturated carbocycles. The summed E-state index contributed by atoms with van der Waals surface area (Å²) in [6.07, 6.45) is 9.03. The highest BCUT2D eigenvalue weighted by Gasteiger charge is 2.33. The molecule has 2 fully saturated rings. The van der Waals surface area contributed by atoms with Gasteiger partial charge in [0.25, 0.3) is 0 Å². The van der Waals surface area contributed by atoms with Crippen LogP contribution in [0.25, 0.3) is 0 Å². The summed E-state index contributed by atoms with van der Waals surface area (Å²) in [5, 5.41) is 16.6. The van der Waals surface area contributed by atoms with Gasteiger partial charge < -0.3 is 10.1 Å². The van der Waals surface area contributed by atoms with Crippen molar-refractivity contribution in [3.8, 4) is 11.9 Å². The average molecular weight is 446 g/mol. The molecule has 0 atom stereocenters. The third-order valence-corrected chi connectivity index (χ3v) is 7.95. The first-order valence-corrected chi connectivity index (χ1v) is 11.9. The predicted octanol–water partition coefficient (Wildman–Crippen LogP) is 1.92. The largest absolute Gasteiger partial charge is 0.476 e. The molecule has 1 saturated heterocycles. The number of piperidine rings is 1. The van der Waals surface area contributed by atoms with E-state index in [-0.39, 0.29) is 16.4 Å². The van der Waals surface area contributed by atoms with Gasteiger partial charge >= 0.3 is 0 Å². The van der Waals surface area contributed by atoms with Crippen molar-refractivity contribution in [2.45, 2.75) is 50.0 Å². The molecule has 166 valence electrons. The zero-order chi connectivity index (χ0) is 22.1. The van der Waals surface area contributed by atoms with Gasteiger partial charge in [-0.2, -0.15) is 19.6 Å². The number of nitrogens with one attached hydrogen (secondary N) is 1. The Hall–Kier alpha value is -2.71. The highest BCUT2D eigenvalue weighted by atomic mass is 32.2. The van der Waals surface area contributed by atoms with Crippen LogP contribution in [0.2, 0.25) is 0 Å². The maximum Gasteiger partial charge on any atom is 0.246 e. The van der Waals surface area contributed by atoms with Gasteiger partial charge in [0.15, 0.2) is 0 Å². The zero-order valence-electron chi connectivity index (χ0n) is 17.8. The Kier molecular flexibility index (Phi) is 5.85. The van der Waals surface area contributed by atoms with Crippen LogP contribution in [0.3, 0.4) is 0 Å². The van der Waals surface area contributed by atoms with Crippen LogP contribution in [0.1, 0.15) is 44.6 Å². The second kappa shape index (κ2) is 8.43. The lowest BCUT2D eigenvalue weighted by Gasteiger charge is -2.37. The molecule has 11 heteroatoms. The van der Waals surface area contributed by atoms with E-state index in [1.165, 1.54) is 34.0 Å². The lowest BCUT2D eigenvalue weighted by atomic mass is 9.71. The zero-order valence-corrected chi connectivity index (χ0v) is 18.6. The summed E-state index contributed by atoms with van der Waals surface area (Å²) >= 11 is 0. The standard InChI is InChI=1S/C20H27N7O3S/c1-20(6-3-7-20)14-30-18-15(10-21)11-22-19(25-18)24-16-4-8-27(9-5-16)31(28,29)17-12-23-26(2)13-17/h11-13,16H,3-9,14H2,1-2H3,(H,22,24,25). The van der Waals surface area contributed by atoms with Crippen LogP contribution < -0.4 is 10.1 Å². The van der Waals surface area contributed by atoms with Gasteiger partial charge in [0.05, 0.1) is 19.0 Å². The van der Waals surface area contributed by atoms with E-state index in [0.29, 0.717) is 49.9 Å². The Morgan fingerprint density at radius 1 is 1.32 bits per heavy atom. The van der Waals surface area contributed by atoms with Gasteiger partial charge in [-0.25, -0.2) is 13.4 Å². The number of aryl methyl sites for hydroxylation is 1. The molecular formula is C20H27N7O3S. The van der Waals surface area contributed by atoms with Crippen LogP contribution in [0.5, 0.6) is 5.88 Å². The summed E-state index contributed by atoms with van der Waals surface area (Å²) in [4.78, 5) is 8.85. The van der Waals surface area contributed by atoms with Gasteiger partial charge in [-0.15, -0.1) is 0 Å². The van der Waals surface area contributed by atoms with Gasteiger partial charge in [-0.3, -0.25) is 4.68 Å². The third-order valence-electron chi connectivity index (χ3n) is 6.10. The Balaban J connectivity index is 1.37. The molecule has 2 aromatic rings. The van der Waals surface area contributed by atoms with Gasteiger partial charge in [-0.05, 0) is 25.7 Å². The first kappa shape index (κ1) is 21.5. The molecule has 0 aromatic carbocycles. The molecule has 10 nitrogen and oxygen atoms in total. The molecule has 0 amide bonds. The number of hydrogen-bond donors (Lipinski definition) is 1. The normalized spacial score (nSPS) is 19.4. The van der Waals surface area contributed by atoms with Crippen molar-refractivity contribution in [3.63, 3.8) is 0 Å². The minimum atomic E-state index is -3.54. The van der Waals surface area contributed by atoms with Crippen molar-refractivity contribution in [1.29, 1.82) is 5.26 Å². The monoisotopic (exact) mass is 445 g/mol. The first-order valence-electron chi connectivity index (χ1n) is 10.4. The van der Waals surface area contributed by atoms with Crippen molar-refractivity contribution in [2.24, 2.45) is 12.5 Å². The summed E-state index contributed by atoms with van der Waals surface area (Å²) < 4.78 is 34.3. The SMILES string of the molecule is Cn1cc(S(=O)(=O)N2CCC(Nc3ncc(C#N)c(OCC4(C)CCC4)n3)CC2)cn1. The van der Waals surface area contributed by atoms with E-state index in [9.17, 15) is 13.7 Å². The van der Waals surface area contributed by atoms with Crippen LogP contribution in [0, 0.1) is 16.7 Å². The smallest absolute Gasteiger partial charge is 0.246 e. The maximum absolute atomic E-state index is 12.7. The van der Waals surface area contributed by atoms with Crippen molar-refractivity contribution < 1.29 is 13.2 Å². The Morgan fingerprint density at radius 2 is 2.06 bits per heavy atom. The molecule has 1 aliphatic heterocycles. The van der Waals surface area contributed by atoms with Crippen molar-refractivity contribution in [1.82, 2.24) is 24.1 Å². The highest BCUT2D eigenvalue weighted by Crippen LogP contribution is 2.40. The fraction of sp³-hybridized carbons (Fsp3) is 0.600. The lowest BCUT2D eigenvalue weighted by Crippen LogP contribution is -2.42. The Morgan fingerprint density at radius 3 is 2.65 bits per heavy atom. The van der Waals surface area contributed by atoms with Gasteiger partial charge in [0.1, 0.15) is 16.5 Å². The van der Waals surface area contributed by atoms with Crippen molar-refractivity contribution >= 4 is 16.0 Å². The van der Waals surface area contributed by atoms with E-state index in [1.54, 1.807) is 7.05 Å². The number of nitriles is 1. The number of sulfonamides is 1. The molecule has 0 spiro atoms. The van der Waals surface area contributed by atoms with Crippen LogP contribution in [-0.2, 0) is 17.1 Å². The van der Waals surface area contributed by atoms with E-state index in [0.717, 1.165) is 12.8 Å². The predicted molar refractivity (Wildman–Crippen MR) is 113 cm³/mol. The maximum atomic E-state index is 12.7. The topological polar surface area (TPSA) is 126 Å². The van der Waals surface area contributed by atoms with Gasteiger partial charge in [0.2, 0.25) is 21.9 Å². The summed E-state index contributed by atoms with van der Waals surface area (Å²) in [5.74, 6) is 0.686. The molecule has 0 bridgehead atoms. The van der Waals surface area contributed by atoms with E-state index in [4.69, 9.17) is 4.74 Å². The number of hydrogen-bond acceptors (Lipinski definition) is 8. The van der Waals surface area contributed by atoms with Crippen LogP contribution >= 0.6 is 0 Å². The van der Waals surface area contributed by atoms with Crippen molar-refractivity contribution in [2.75, 3.05) is 25.0 Å². The first-order chi connectivity index (χ1) is 14.8. The Labute approximate surface area is 182 Å². The van der Waals surface area contributed by atoms with Gasteiger partial charge in [-0.1, -0.05) is 13.3 Å². The second-order valence-electron chi connectivity index (χ2n) is 8.65. The molecule has 31 heavy (non-hydrogen) atoms. The van der Waals surface area contributed by atoms with E-state index in [2.05, 4.69) is 33.4 Å². The number of aromatic nitrogens is 4. The second-order valence-corrected chi connectivity index (χ2v) is 10.6. The molecule has 1 N–H and O–H groups in total. The molecule has 0 unspecified atom stereocenters. The molecule has 3 heterocycles. The lowest BCUT2D eigenvalue weighted by molar-refractivity contribution is 0.0747. The van der Waals surface area contributed by atoms with E-state index < -0.39 is 10.0 Å². The molecule has 2 aliphatic rings. The minimum Gasteiger partial charge on any atom is -0.476 e. The molecular weight excluding hydrogens is 418 g/mol. The van der Waals surface area contributed by atoms with E-state index >= 15 is 0 Å². The number of anilines is 1. The van der Waals surface area contributed by atoms with Gasteiger partial charge in [0, 0.05) is 37.8 Å². The molecule has 1 aliphatic carbocycles. The number of nitrogens with zero attached hydrogens (tertiary/aromatic N) is 6.